The van der Waals surface area contributed by atoms with Gasteiger partial charge in [0.1, 0.15) is 5.82 Å². The van der Waals surface area contributed by atoms with Crippen molar-refractivity contribution >= 4 is 34.4 Å². The molecule has 2 heterocycles. The van der Waals surface area contributed by atoms with Crippen LogP contribution in [0, 0.1) is 12.8 Å². The van der Waals surface area contributed by atoms with Crippen molar-refractivity contribution in [1.82, 2.24) is 14.3 Å². The summed E-state index contributed by atoms with van der Waals surface area (Å²) >= 11 is 1.08. The Bertz CT molecular complexity index is 844. The van der Waals surface area contributed by atoms with Crippen LogP contribution in [0.1, 0.15) is 50.7 Å². The molecule has 1 aliphatic rings. The first-order chi connectivity index (χ1) is 11.4. The van der Waals surface area contributed by atoms with E-state index in [1.165, 1.54) is 23.1 Å². The lowest BCUT2D eigenvalue weighted by Crippen LogP contribution is -2.33. The van der Waals surface area contributed by atoms with Crippen molar-refractivity contribution in [2.45, 2.75) is 20.8 Å². The van der Waals surface area contributed by atoms with E-state index in [4.69, 9.17) is 0 Å². The number of amides is 3. The van der Waals surface area contributed by atoms with Gasteiger partial charge in [0.05, 0.1) is 11.1 Å². The van der Waals surface area contributed by atoms with Crippen molar-refractivity contribution in [2.24, 2.45) is 5.92 Å². The van der Waals surface area contributed by atoms with Crippen LogP contribution < -0.4 is 5.32 Å². The summed E-state index contributed by atoms with van der Waals surface area (Å²) in [6, 6.07) is 4.52. The largest absolute Gasteiger partial charge is 0.297 e. The normalized spacial score (nSPS) is 13.6. The van der Waals surface area contributed by atoms with Gasteiger partial charge in [0.25, 0.3) is 17.7 Å². The zero-order valence-corrected chi connectivity index (χ0v) is 14.3. The third-order valence-electron chi connectivity index (χ3n) is 3.53. The van der Waals surface area contributed by atoms with E-state index in [1.807, 2.05) is 13.8 Å². The molecule has 7 nitrogen and oxygen atoms in total. The maximum absolute atomic E-state index is 12.4. The van der Waals surface area contributed by atoms with E-state index in [-0.39, 0.29) is 23.3 Å². The molecule has 24 heavy (non-hydrogen) atoms. The van der Waals surface area contributed by atoms with Gasteiger partial charge >= 0.3 is 0 Å². The van der Waals surface area contributed by atoms with Crippen molar-refractivity contribution in [1.29, 1.82) is 0 Å². The van der Waals surface area contributed by atoms with E-state index < -0.39 is 5.91 Å². The van der Waals surface area contributed by atoms with E-state index in [0.29, 0.717) is 28.6 Å². The fraction of sp³-hybridized carbons (Fsp3) is 0.312. The van der Waals surface area contributed by atoms with E-state index >= 15 is 0 Å². The number of hydrogen-bond donors (Lipinski definition) is 1. The number of rotatable bonds is 4. The summed E-state index contributed by atoms with van der Waals surface area (Å²) in [7, 11) is 0. The average Bonchev–Trinajstić information content (AvgIpc) is 3.04. The standard InChI is InChI=1S/C16H16N4O3S/c1-8(2)7-20-14(22)11-5-4-10(6-12(11)15(20)23)13(21)18-16-17-9(3)19-24-16/h4-6,8H,7H2,1-3H3,(H,17,18,19,21). The summed E-state index contributed by atoms with van der Waals surface area (Å²) in [5.74, 6) is -0.304. The van der Waals surface area contributed by atoms with Gasteiger partial charge in [0.15, 0.2) is 0 Å². The van der Waals surface area contributed by atoms with Gasteiger partial charge in [0.2, 0.25) is 5.13 Å². The highest BCUT2D eigenvalue weighted by atomic mass is 32.1. The summed E-state index contributed by atoms with van der Waals surface area (Å²) in [5, 5.41) is 3.03. The maximum atomic E-state index is 12.4. The minimum absolute atomic E-state index is 0.177. The molecule has 0 spiro atoms. The first kappa shape index (κ1) is 16.3. The summed E-state index contributed by atoms with van der Waals surface area (Å²) < 4.78 is 3.99. The Morgan fingerprint density at radius 1 is 1.25 bits per heavy atom. The summed E-state index contributed by atoms with van der Waals surface area (Å²) in [6.45, 7) is 5.96. The molecule has 0 bridgehead atoms. The van der Waals surface area contributed by atoms with Crippen LogP contribution in [0.3, 0.4) is 0 Å². The highest BCUT2D eigenvalue weighted by molar-refractivity contribution is 7.09. The van der Waals surface area contributed by atoms with Crippen LogP contribution in [0.25, 0.3) is 0 Å². The minimum Gasteiger partial charge on any atom is -0.297 e. The van der Waals surface area contributed by atoms with Crippen molar-refractivity contribution < 1.29 is 14.4 Å². The number of imide groups is 1. The van der Waals surface area contributed by atoms with Crippen LogP contribution in [-0.2, 0) is 0 Å². The molecule has 1 aromatic carbocycles. The molecule has 0 saturated heterocycles. The van der Waals surface area contributed by atoms with Crippen LogP contribution in [0.5, 0.6) is 0 Å². The maximum Gasteiger partial charge on any atom is 0.261 e. The zero-order chi connectivity index (χ0) is 17.4. The van der Waals surface area contributed by atoms with Crippen molar-refractivity contribution in [3.8, 4) is 0 Å². The fourth-order valence-electron chi connectivity index (χ4n) is 2.48. The van der Waals surface area contributed by atoms with Crippen LogP contribution >= 0.6 is 11.5 Å². The Balaban J connectivity index is 1.85. The predicted octanol–water partition coefficient (Wildman–Crippen LogP) is 2.35. The van der Waals surface area contributed by atoms with E-state index in [2.05, 4.69) is 14.7 Å². The molecule has 0 radical (unpaired) electrons. The van der Waals surface area contributed by atoms with Crippen LogP contribution in [0.2, 0.25) is 0 Å². The van der Waals surface area contributed by atoms with Crippen LogP contribution in [-0.4, -0.2) is 38.5 Å². The lowest BCUT2D eigenvalue weighted by atomic mass is 10.1. The Hall–Kier alpha value is -2.61. The molecule has 3 rings (SSSR count). The van der Waals surface area contributed by atoms with Gasteiger partial charge in [-0.1, -0.05) is 13.8 Å². The second kappa shape index (κ2) is 6.12. The minimum atomic E-state index is -0.392. The second-order valence-corrected chi connectivity index (χ2v) is 6.73. The number of aryl methyl sites for hydroxylation is 1. The molecule has 124 valence electrons. The van der Waals surface area contributed by atoms with Gasteiger partial charge in [-0.15, -0.1) is 0 Å². The molecular formula is C16H16N4O3S. The molecule has 8 heteroatoms. The fourth-order valence-corrected chi connectivity index (χ4v) is 3.05. The Kier molecular flexibility index (Phi) is 4.15. The molecule has 0 aliphatic carbocycles. The van der Waals surface area contributed by atoms with E-state index in [9.17, 15) is 14.4 Å². The number of anilines is 1. The summed E-state index contributed by atoms with van der Waals surface area (Å²) in [6.07, 6.45) is 0. The quantitative estimate of drug-likeness (QED) is 0.860. The SMILES string of the molecule is Cc1nsc(NC(=O)c2ccc3c(c2)C(=O)N(CC(C)C)C3=O)n1. The van der Waals surface area contributed by atoms with Crippen molar-refractivity contribution in [3.05, 3.63) is 40.7 Å². The highest BCUT2D eigenvalue weighted by Gasteiger charge is 2.36. The predicted molar refractivity (Wildman–Crippen MR) is 89.2 cm³/mol. The number of fused-ring (bicyclic) bond motifs is 1. The first-order valence-electron chi connectivity index (χ1n) is 7.48. The topological polar surface area (TPSA) is 92.3 Å². The van der Waals surface area contributed by atoms with E-state index in [0.717, 1.165) is 11.5 Å². The number of aromatic nitrogens is 2. The summed E-state index contributed by atoms with van der Waals surface area (Å²) in [4.78, 5) is 42.3. The zero-order valence-electron chi connectivity index (χ0n) is 13.5. The Labute approximate surface area is 142 Å². The van der Waals surface area contributed by atoms with Crippen molar-refractivity contribution in [2.75, 3.05) is 11.9 Å². The third-order valence-corrected chi connectivity index (χ3v) is 4.25. The van der Waals surface area contributed by atoms with Crippen LogP contribution in [0.15, 0.2) is 18.2 Å². The number of hydrogen-bond acceptors (Lipinski definition) is 6. The number of nitrogens with one attached hydrogen (secondary N) is 1. The molecule has 0 unspecified atom stereocenters. The number of carbonyl (C=O) groups is 3. The van der Waals surface area contributed by atoms with Gasteiger partial charge < -0.3 is 0 Å². The van der Waals surface area contributed by atoms with Gasteiger partial charge in [-0.05, 0) is 31.0 Å². The molecule has 1 aliphatic heterocycles. The first-order valence-corrected chi connectivity index (χ1v) is 8.26. The molecular weight excluding hydrogens is 328 g/mol. The van der Waals surface area contributed by atoms with Gasteiger partial charge in [0, 0.05) is 23.6 Å². The van der Waals surface area contributed by atoms with Gasteiger partial charge in [-0.25, -0.2) is 4.98 Å². The van der Waals surface area contributed by atoms with Gasteiger partial charge in [-0.3, -0.25) is 24.6 Å². The molecule has 2 aromatic rings. The second-order valence-electron chi connectivity index (χ2n) is 5.98. The smallest absolute Gasteiger partial charge is 0.261 e. The third kappa shape index (κ3) is 2.92. The average molecular weight is 344 g/mol. The van der Waals surface area contributed by atoms with Crippen molar-refractivity contribution in [3.63, 3.8) is 0 Å². The Morgan fingerprint density at radius 2 is 1.96 bits per heavy atom. The molecule has 1 N–H and O–H groups in total. The summed E-state index contributed by atoms with van der Waals surface area (Å²) in [5.41, 5.74) is 0.903. The molecule has 0 atom stereocenters. The number of carbonyl (C=O) groups excluding carboxylic acids is 3. The van der Waals surface area contributed by atoms with Crippen LogP contribution in [0.4, 0.5) is 5.13 Å². The van der Waals surface area contributed by atoms with Gasteiger partial charge in [-0.2, -0.15) is 4.37 Å². The van der Waals surface area contributed by atoms with E-state index in [1.54, 1.807) is 6.92 Å². The Morgan fingerprint density at radius 3 is 2.58 bits per heavy atom. The lowest BCUT2D eigenvalue weighted by molar-refractivity contribution is 0.0636. The molecule has 3 amide bonds. The molecule has 0 saturated carbocycles. The molecule has 0 fully saturated rings. The lowest BCUT2D eigenvalue weighted by Gasteiger charge is -2.15. The number of benzene rings is 1. The number of nitrogens with zero attached hydrogens (tertiary/aromatic N) is 3. The highest BCUT2D eigenvalue weighted by Crippen LogP contribution is 2.25. The molecule has 1 aromatic heterocycles. The monoisotopic (exact) mass is 344 g/mol.